The molecule has 4 aromatic heterocycles. The van der Waals surface area contributed by atoms with Crippen molar-refractivity contribution >= 4 is 99.5 Å². The van der Waals surface area contributed by atoms with Crippen LogP contribution in [0.2, 0.25) is 0 Å². The standard InChI is InChI=1S/C27H28N4O5.C26H28N4O6.C26H30N4O4.C21H26N2O4/c1-27(2,3)36-24(32)22(30-26(34)35-17-19-8-5-4-6-9-19)16-18-11-13-20(14-12-18)31-23-21(29-25(31)33)10-7-15-28-23;1-26(2,3)36-24(31)21(29-25(32)35-17-19-8-5-4-6-9-19)16-18-11-13-20(14-12-18)28-23-22(30(33)34)10-7-15-27-23;1-26(2,3)34-24(31)22(30-25(32)33-17-19-8-5-4-6-9-19)16-18-11-13-20(14-12-18)29-23-21(27)10-7-15-28-23;1-21(2,3)27-19(24)18(13-15-9-11-17(22)12-10-15)23-20(25)26-14-16-7-5-4-6-8-16/h4-15,22H,16-17H2,1-3H3,(H,29,33)(H,30,34);4-15,21H,16-17H2,1-3H3,(H,27,28)(H,29,32);4-15,22H,16-17,27H2,1-3H3,(H,28,29)(H,30,32);4-12,18H,13-14,22H2,1-3H3,(H,23,25)/t22-;21-;22-;18-/m1110/s1. The molecule has 696 valence electrons. The van der Waals surface area contributed by atoms with Crippen molar-refractivity contribution < 1.29 is 81.2 Å². The van der Waals surface area contributed by atoms with Crippen LogP contribution in [0, 0.1) is 10.1 Å². The van der Waals surface area contributed by atoms with Crippen molar-refractivity contribution in [2.75, 3.05) is 22.1 Å². The molecule has 11 N–H and O–H groups in total. The molecule has 33 nitrogen and oxygen atoms in total. The van der Waals surface area contributed by atoms with E-state index in [2.05, 4.69) is 51.8 Å². The minimum atomic E-state index is -0.983. The Morgan fingerprint density at radius 3 is 0.985 bits per heavy atom. The van der Waals surface area contributed by atoms with Gasteiger partial charge in [-0.3, -0.25) is 10.1 Å². The summed E-state index contributed by atoms with van der Waals surface area (Å²) in [4.78, 5) is 139. The Labute approximate surface area is 770 Å². The zero-order chi connectivity index (χ0) is 96.3. The molecule has 0 aliphatic rings. The summed E-state index contributed by atoms with van der Waals surface area (Å²) in [5, 5.41) is 27.7. The number of carbonyl (C=O) groups excluding carboxylic acids is 8. The lowest BCUT2D eigenvalue weighted by molar-refractivity contribution is -0.384. The third-order valence-corrected chi connectivity index (χ3v) is 18.4. The van der Waals surface area contributed by atoms with Crippen molar-refractivity contribution in [3.63, 3.8) is 0 Å². The van der Waals surface area contributed by atoms with E-state index in [9.17, 15) is 53.3 Å². The number of aromatic amines is 1. The van der Waals surface area contributed by atoms with Gasteiger partial charge in [0.2, 0.25) is 5.82 Å². The van der Waals surface area contributed by atoms with Gasteiger partial charge in [0.25, 0.3) is 0 Å². The number of H-pyrrole nitrogens is 1. The number of pyridine rings is 3. The lowest BCUT2D eigenvalue weighted by Gasteiger charge is -2.24. The number of fused-ring (bicyclic) bond motifs is 1. The number of aromatic nitrogens is 5. The fourth-order valence-electron chi connectivity index (χ4n) is 12.3. The summed E-state index contributed by atoms with van der Waals surface area (Å²) < 4.78 is 44.5. The van der Waals surface area contributed by atoms with Crippen LogP contribution >= 0.6 is 0 Å². The number of esters is 4. The van der Waals surface area contributed by atoms with Crippen molar-refractivity contribution in [1.82, 2.24) is 45.8 Å². The van der Waals surface area contributed by atoms with Gasteiger partial charge in [-0.2, -0.15) is 0 Å². The van der Waals surface area contributed by atoms with Crippen molar-refractivity contribution in [1.29, 1.82) is 0 Å². The predicted molar refractivity (Wildman–Crippen MR) is 504 cm³/mol. The van der Waals surface area contributed by atoms with E-state index in [1.54, 1.807) is 180 Å². The Morgan fingerprint density at radius 1 is 0.368 bits per heavy atom. The molecule has 0 bridgehead atoms. The van der Waals surface area contributed by atoms with Crippen LogP contribution in [0.3, 0.4) is 0 Å². The first-order valence-electron chi connectivity index (χ1n) is 42.5. The van der Waals surface area contributed by atoms with E-state index < -0.39 is 99.7 Å². The van der Waals surface area contributed by atoms with Crippen LogP contribution in [0.1, 0.15) is 128 Å². The number of nitrogens with two attached hydrogens (primary N) is 2. The van der Waals surface area contributed by atoms with Gasteiger partial charge in [-0.15, -0.1) is 0 Å². The van der Waals surface area contributed by atoms with Gasteiger partial charge in [0.1, 0.15) is 73.0 Å². The fourth-order valence-corrected chi connectivity index (χ4v) is 12.3. The molecule has 33 heteroatoms. The largest absolute Gasteiger partial charge is 0.458 e. The van der Waals surface area contributed by atoms with Gasteiger partial charge in [-0.05, 0) is 206 Å². The summed E-state index contributed by atoms with van der Waals surface area (Å²) in [5.41, 5.74) is 19.2. The van der Waals surface area contributed by atoms with Gasteiger partial charge in [-0.1, -0.05) is 170 Å². The van der Waals surface area contributed by atoms with Gasteiger partial charge < -0.3 is 86.2 Å². The van der Waals surface area contributed by atoms with Gasteiger partial charge in [0.05, 0.1) is 21.8 Å². The van der Waals surface area contributed by atoms with E-state index in [1.807, 2.05) is 158 Å². The molecule has 0 saturated carbocycles. The zero-order valence-electron chi connectivity index (χ0n) is 76.1. The normalized spacial score (nSPS) is 12.0. The number of hydrogen-bond donors (Lipinski definition) is 9. The Morgan fingerprint density at radius 2 is 0.662 bits per heavy atom. The average Bonchev–Trinajstić information content (AvgIpc) is 1.64. The molecule has 12 rings (SSSR count). The van der Waals surface area contributed by atoms with Crippen LogP contribution in [-0.2, 0) is 109 Å². The molecule has 4 heterocycles. The van der Waals surface area contributed by atoms with Crippen molar-refractivity contribution in [3.05, 3.63) is 338 Å². The highest BCUT2D eigenvalue weighted by Crippen LogP contribution is 2.28. The molecule has 0 fully saturated rings. The van der Waals surface area contributed by atoms with Crippen molar-refractivity contribution in [3.8, 4) is 5.69 Å². The summed E-state index contributed by atoms with van der Waals surface area (Å²) in [6, 6.07) is 71.8. The molecular formula is C100H112N14O19. The maximum Gasteiger partial charge on any atom is 0.408 e. The fraction of sp³-hybridized carbons (Fsp3) is 0.280. The Balaban J connectivity index is 0.000000200. The number of carbonyl (C=O) groups is 8. The Kier molecular flexibility index (Phi) is 36.7. The Hall–Kier alpha value is -16.0. The minimum absolute atomic E-state index is 0.0632. The third-order valence-electron chi connectivity index (χ3n) is 18.4. The van der Waals surface area contributed by atoms with Gasteiger partial charge in [0.15, 0.2) is 11.5 Å². The third kappa shape index (κ3) is 35.9. The van der Waals surface area contributed by atoms with Crippen LogP contribution in [-0.4, -0.2) is 124 Å². The lowest BCUT2D eigenvalue weighted by atomic mass is 10.0. The molecule has 8 aromatic carbocycles. The molecule has 0 saturated heterocycles. The van der Waals surface area contributed by atoms with E-state index >= 15 is 0 Å². The number of anilines is 6. The molecule has 0 unspecified atom stereocenters. The summed E-state index contributed by atoms with van der Waals surface area (Å²) in [7, 11) is 0. The van der Waals surface area contributed by atoms with Crippen molar-refractivity contribution in [2.24, 2.45) is 0 Å². The van der Waals surface area contributed by atoms with Crippen LogP contribution < -0.4 is 49.1 Å². The topological polar surface area (TPSA) is 454 Å². The molecule has 12 aromatic rings. The number of nitrogens with zero attached hydrogens (tertiary/aromatic N) is 5. The first kappa shape index (κ1) is 101. The van der Waals surface area contributed by atoms with Crippen LogP contribution in [0.25, 0.3) is 16.9 Å². The first-order valence-corrected chi connectivity index (χ1v) is 42.5. The number of ether oxygens (including phenoxy) is 8. The summed E-state index contributed by atoms with van der Waals surface area (Å²) in [5.74, 6) is -1.54. The molecular weight excluding hydrogens is 1700 g/mol. The average molecular weight is 1810 g/mol. The predicted octanol–water partition coefficient (Wildman–Crippen LogP) is 16.8. The number of alkyl carbamates (subject to hydrolysis) is 4. The minimum Gasteiger partial charge on any atom is -0.458 e. The monoisotopic (exact) mass is 1810 g/mol. The number of rotatable bonds is 30. The number of nitrogens with one attached hydrogen (secondary N) is 7. The van der Waals surface area contributed by atoms with Crippen LogP contribution in [0.5, 0.6) is 0 Å². The van der Waals surface area contributed by atoms with E-state index in [0.717, 1.165) is 50.2 Å². The van der Waals surface area contributed by atoms with Crippen molar-refractivity contribution in [2.45, 2.75) is 182 Å². The van der Waals surface area contributed by atoms with E-state index in [1.165, 1.54) is 22.9 Å². The zero-order valence-corrected chi connectivity index (χ0v) is 76.1. The van der Waals surface area contributed by atoms with E-state index in [0.29, 0.717) is 39.7 Å². The summed E-state index contributed by atoms with van der Waals surface area (Å²) >= 11 is 0. The maximum absolute atomic E-state index is 12.9. The highest BCUT2D eigenvalue weighted by molar-refractivity contribution is 5.85. The number of hydrogen-bond acceptors (Lipinski definition) is 26. The second kappa shape index (κ2) is 48.4. The summed E-state index contributed by atoms with van der Waals surface area (Å²) in [6.07, 6.45) is 2.74. The number of amides is 4. The molecule has 0 aliphatic heterocycles. The lowest BCUT2D eigenvalue weighted by Crippen LogP contribution is -2.45. The molecule has 133 heavy (non-hydrogen) atoms. The Bertz CT molecular complexity index is 5870. The highest BCUT2D eigenvalue weighted by atomic mass is 16.6. The number of nitro groups is 1. The highest BCUT2D eigenvalue weighted by Gasteiger charge is 2.33. The maximum atomic E-state index is 12.9. The first-order chi connectivity index (χ1) is 63.2. The molecule has 4 atom stereocenters. The second-order valence-electron chi connectivity index (χ2n) is 34.2. The SMILES string of the molecule is CC(C)(C)OC(=O)[C@@H](Cc1ccc(-n2c(=O)[nH]c3cccnc32)cc1)NC(=O)OCc1ccccc1.CC(C)(C)OC(=O)[C@@H](Cc1ccc(Nc2ncccc2N)cc1)NC(=O)OCc1ccccc1.CC(C)(C)OC(=O)[C@@H](Cc1ccc(Nc2ncccc2[N+](=O)[O-])cc1)NC(=O)OCc1ccccc1.CC(C)(C)OC(=O)[C@H](Cc1ccc(N)cc1)NC(=O)OCc1ccccc1. The van der Waals surface area contributed by atoms with Crippen LogP contribution in [0.4, 0.5) is 59.3 Å². The molecule has 0 aliphatic carbocycles. The molecule has 0 radical (unpaired) electrons. The van der Waals surface area contributed by atoms with Crippen LogP contribution in [0.15, 0.2) is 278 Å². The van der Waals surface area contributed by atoms with Gasteiger partial charge >= 0.3 is 59.6 Å². The smallest absolute Gasteiger partial charge is 0.408 e. The second-order valence-corrected chi connectivity index (χ2v) is 34.2. The summed E-state index contributed by atoms with van der Waals surface area (Å²) in [6.45, 7) is 21.5. The van der Waals surface area contributed by atoms with Gasteiger partial charge in [0, 0.05) is 67.4 Å². The number of benzene rings is 8. The number of nitrogen functional groups attached to an aromatic ring is 2. The van der Waals surface area contributed by atoms with Gasteiger partial charge in [-0.25, -0.2) is 62.7 Å². The van der Waals surface area contributed by atoms with E-state index in [-0.39, 0.29) is 69.3 Å². The molecule has 4 amide bonds. The van der Waals surface area contributed by atoms with E-state index in [4.69, 9.17) is 49.4 Å². The quantitative estimate of drug-likeness (QED) is 0.00664. The molecule has 0 spiro atoms. The number of imidazole rings is 1.